The first kappa shape index (κ1) is 19.9. The van der Waals surface area contributed by atoms with E-state index in [2.05, 4.69) is 20.6 Å². The lowest BCUT2D eigenvalue weighted by Crippen LogP contribution is -2.15. The van der Waals surface area contributed by atoms with Crippen molar-refractivity contribution in [2.45, 2.75) is 6.92 Å². The minimum absolute atomic E-state index is 0.163. The molecule has 0 fully saturated rings. The molecule has 8 heteroatoms. The van der Waals surface area contributed by atoms with Crippen molar-refractivity contribution in [3.05, 3.63) is 91.9 Å². The van der Waals surface area contributed by atoms with E-state index in [1.165, 1.54) is 11.3 Å². The Labute approximate surface area is 181 Å². The second-order valence-electron chi connectivity index (χ2n) is 6.56. The molecule has 0 bridgehead atoms. The number of carbonyl (C=O) groups is 1. The first-order valence-electron chi connectivity index (χ1n) is 9.07. The zero-order valence-corrected chi connectivity index (χ0v) is 17.5. The fourth-order valence-corrected chi connectivity index (χ4v) is 3.61. The Hall–Kier alpha value is -3.42. The molecule has 2 aromatic carbocycles. The van der Waals surface area contributed by atoms with Crippen LogP contribution in [-0.4, -0.2) is 15.9 Å². The number of anilines is 3. The Balaban J connectivity index is 1.58. The van der Waals surface area contributed by atoms with Crippen molar-refractivity contribution in [2.75, 3.05) is 10.6 Å². The molecule has 0 spiro atoms. The maximum absolute atomic E-state index is 12.4. The highest BCUT2D eigenvalue weighted by Gasteiger charge is 2.11. The van der Waals surface area contributed by atoms with Gasteiger partial charge in [0.25, 0.3) is 11.5 Å². The standard InChI is InChI=1S/C22H17ClN4O2S/c1-13-19(26-22(27-20(13)28)25-18-8-4-16(23)5-9-18)14-2-6-17(7-3-14)24-21(29)15-10-11-30-12-15/h2-12H,1H3,(H,24,29)(H2,25,26,27,28). The summed E-state index contributed by atoms with van der Waals surface area (Å²) in [6.45, 7) is 1.72. The first-order chi connectivity index (χ1) is 14.5. The number of halogens is 1. The average Bonchev–Trinajstić information content (AvgIpc) is 3.28. The van der Waals surface area contributed by atoms with Crippen LogP contribution >= 0.6 is 22.9 Å². The molecule has 6 nitrogen and oxygen atoms in total. The van der Waals surface area contributed by atoms with Gasteiger partial charge in [-0.3, -0.25) is 14.6 Å². The van der Waals surface area contributed by atoms with E-state index in [1.54, 1.807) is 54.8 Å². The number of aromatic nitrogens is 2. The molecule has 150 valence electrons. The number of rotatable bonds is 5. The van der Waals surface area contributed by atoms with Gasteiger partial charge in [0.15, 0.2) is 0 Å². The van der Waals surface area contributed by atoms with Crippen molar-refractivity contribution in [3.8, 4) is 11.3 Å². The third-order valence-corrected chi connectivity index (χ3v) is 5.39. The summed E-state index contributed by atoms with van der Waals surface area (Å²) in [4.78, 5) is 31.9. The molecule has 30 heavy (non-hydrogen) atoms. The molecule has 0 aliphatic heterocycles. The maximum Gasteiger partial charge on any atom is 0.256 e. The van der Waals surface area contributed by atoms with Gasteiger partial charge in [-0.2, -0.15) is 11.3 Å². The van der Waals surface area contributed by atoms with Crippen LogP contribution in [0.2, 0.25) is 5.02 Å². The molecule has 1 amide bonds. The molecule has 4 rings (SSSR count). The molecule has 0 aliphatic rings. The van der Waals surface area contributed by atoms with Crippen molar-refractivity contribution in [2.24, 2.45) is 0 Å². The largest absolute Gasteiger partial charge is 0.326 e. The SMILES string of the molecule is Cc1c(-c2ccc(NC(=O)c3ccsc3)cc2)nc(Nc2ccc(Cl)cc2)[nH]c1=O. The van der Waals surface area contributed by atoms with Gasteiger partial charge in [-0.25, -0.2) is 4.98 Å². The van der Waals surface area contributed by atoms with Crippen molar-refractivity contribution in [1.29, 1.82) is 0 Å². The molecular formula is C22H17ClN4O2S. The van der Waals surface area contributed by atoms with Crippen LogP contribution in [0.25, 0.3) is 11.3 Å². The van der Waals surface area contributed by atoms with Gasteiger partial charge in [-0.1, -0.05) is 23.7 Å². The Kier molecular flexibility index (Phi) is 5.65. The third kappa shape index (κ3) is 4.42. The molecule has 2 aromatic heterocycles. The summed E-state index contributed by atoms with van der Waals surface area (Å²) in [5.74, 6) is 0.168. The van der Waals surface area contributed by atoms with Crippen molar-refractivity contribution in [1.82, 2.24) is 9.97 Å². The summed E-state index contributed by atoms with van der Waals surface area (Å²) in [5.41, 5.74) is 3.64. The Morgan fingerprint density at radius 3 is 2.40 bits per heavy atom. The van der Waals surface area contributed by atoms with E-state index in [0.717, 1.165) is 11.3 Å². The number of hydrogen-bond acceptors (Lipinski definition) is 5. The lowest BCUT2D eigenvalue weighted by Gasteiger charge is -2.11. The van der Waals surface area contributed by atoms with Crippen molar-refractivity contribution >= 4 is 46.2 Å². The lowest BCUT2D eigenvalue weighted by molar-refractivity contribution is 0.102. The number of nitrogens with zero attached hydrogens (tertiary/aromatic N) is 1. The van der Waals surface area contributed by atoms with Crippen LogP contribution in [-0.2, 0) is 0 Å². The fourth-order valence-electron chi connectivity index (χ4n) is 2.85. The van der Waals surface area contributed by atoms with Crippen LogP contribution in [0.5, 0.6) is 0 Å². The number of aromatic amines is 1. The van der Waals surface area contributed by atoms with E-state index in [9.17, 15) is 9.59 Å². The number of amides is 1. The number of hydrogen-bond donors (Lipinski definition) is 3. The van der Waals surface area contributed by atoms with Gasteiger partial charge in [0.05, 0.1) is 11.3 Å². The van der Waals surface area contributed by atoms with Gasteiger partial charge in [0.2, 0.25) is 5.95 Å². The summed E-state index contributed by atoms with van der Waals surface area (Å²) in [5, 5.41) is 10.2. The van der Waals surface area contributed by atoms with Crippen LogP contribution in [0.1, 0.15) is 15.9 Å². The highest BCUT2D eigenvalue weighted by Crippen LogP contribution is 2.24. The summed E-state index contributed by atoms with van der Waals surface area (Å²) >= 11 is 7.38. The number of nitrogens with one attached hydrogen (secondary N) is 3. The van der Waals surface area contributed by atoms with Gasteiger partial charge in [0.1, 0.15) is 0 Å². The normalized spacial score (nSPS) is 10.6. The fraction of sp³-hybridized carbons (Fsp3) is 0.0455. The second kappa shape index (κ2) is 8.52. The maximum atomic E-state index is 12.4. The highest BCUT2D eigenvalue weighted by atomic mass is 35.5. The van der Waals surface area contributed by atoms with Gasteiger partial charge >= 0.3 is 0 Å². The van der Waals surface area contributed by atoms with Gasteiger partial charge in [-0.15, -0.1) is 0 Å². The molecule has 2 heterocycles. The van der Waals surface area contributed by atoms with Crippen LogP contribution < -0.4 is 16.2 Å². The average molecular weight is 437 g/mol. The second-order valence-corrected chi connectivity index (χ2v) is 7.78. The van der Waals surface area contributed by atoms with Gasteiger partial charge < -0.3 is 10.6 Å². The smallest absolute Gasteiger partial charge is 0.256 e. The molecular weight excluding hydrogens is 420 g/mol. The lowest BCUT2D eigenvalue weighted by atomic mass is 10.1. The summed E-state index contributed by atoms with van der Waals surface area (Å²) in [6.07, 6.45) is 0. The summed E-state index contributed by atoms with van der Waals surface area (Å²) in [7, 11) is 0. The summed E-state index contributed by atoms with van der Waals surface area (Å²) in [6, 6.07) is 16.1. The van der Waals surface area contributed by atoms with E-state index in [4.69, 9.17) is 11.6 Å². The Bertz CT molecular complexity index is 1230. The number of carbonyl (C=O) groups excluding carboxylic acids is 1. The van der Waals surface area contributed by atoms with Crippen molar-refractivity contribution < 1.29 is 4.79 Å². The monoisotopic (exact) mass is 436 g/mol. The number of benzene rings is 2. The van der Waals surface area contributed by atoms with E-state index < -0.39 is 0 Å². The zero-order chi connectivity index (χ0) is 21.1. The number of H-pyrrole nitrogens is 1. The Morgan fingerprint density at radius 1 is 1.03 bits per heavy atom. The molecule has 0 unspecified atom stereocenters. The first-order valence-corrected chi connectivity index (χ1v) is 10.4. The molecule has 0 radical (unpaired) electrons. The zero-order valence-electron chi connectivity index (χ0n) is 15.9. The molecule has 0 aliphatic carbocycles. The van der Waals surface area contributed by atoms with Crippen LogP contribution in [0, 0.1) is 6.92 Å². The highest BCUT2D eigenvalue weighted by molar-refractivity contribution is 7.08. The van der Waals surface area contributed by atoms with Gasteiger partial charge in [0, 0.05) is 32.9 Å². The molecule has 0 saturated heterocycles. The van der Waals surface area contributed by atoms with E-state index >= 15 is 0 Å². The van der Waals surface area contributed by atoms with Gasteiger partial charge in [-0.05, 0) is 54.8 Å². The predicted octanol–water partition coefficient (Wildman–Crippen LogP) is 5.46. The van der Waals surface area contributed by atoms with Crippen LogP contribution in [0.3, 0.4) is 0 Å². The topological polar surface area (TPSA) is 86.9 Å². The third-order valence-electron chi connectivity index (χ3n) is 4.46. The van der Waals surface area contributed by atoms with Crippen molar-refractivity contribution in [3.63, 3.8) is 0 Å². The minimum atomic E-state index is -0.230. The van der Waals surface area contributed by atoms with Crippen LogP contribution in [0.15, 0.2) is 70.2 Å². The van der Waals surface area contributed by atoms with Crippen LogP contribution in [0.4, 0.5) is 17.3 Å². The molecule has 3 N–H and O–H groups in total. The van der Waals surface area contributed by atoms with E-state index in [1.807, 2.05) is 17.5 Å². The summed E-state index contributed by atoms with van der Waals surface area (Å²) < 4.78 is 0. The Morgan fingerprint density at radius 2 is 1.73 bits per heavy atom. The predicted molar refractivity (Wildman–Crippen MR) is 122 cm³/mol. The molecule has 0 atom stereocenters. The van der Waals surface area contributed by atoms with E-state index in [-0.39, 0.29) is 11.5 Å². The molecule has 4 aromatic rings. The quantitative estimate of drug-likeness (QED) is 0.388. The number of thiophene rings is 1. The minimum Gasteiger partial charge on any atom is -0.326 e. The molecule has 0 saturated carbocycles. The van der Waals surface area contributed by atoms with E-state index in [0.29, 0.717) is 33.5 Å².